The summed E-state index contributed by atoms with van der Waals surface area (Å²) in [6, 6.07) is 5.36. The predicted octanol–water partition coefficient (Wildman–Crippen LogP) is 2.00. The predicted molar refractivity (Wildman–Crippen MR) is 74.0 cm³/mol. The minimum absolute atomic E-state index is 0.120. The molecule has 0 aliphatic carbocycles. The molecule has 0 unspecified atom stereocenters. The van der Waals surface area contributed by atoms with E-state index in [1.807, 2.05) is 0 Å². The quantitative estimate of drug-likeness (QED) is 0.714. The van der Waals surface area contributed by atoms with Crippen LogP contribution in [0.4, 0.5) is 10.1 Å². The first-order valence-corrected chi connectivity index (χ1v) is 6.47. The molecule has 0 aliphatic heterocycles. The van der Waals surface area contributed by atoms with Gasteiger partial charge in [-0.05, 0) is 37.1 Å². The van der Waals surface area contributed by atoms with Crippen molar-refractivity contribution in [3.63, 3.8) is 0 Å². The van der Waals surface area contributed by atoms with Crippen molar-refractivity contribution in [2.75, 3.05) is 11.9 Å². The van der Waals surface area contributed by atoms with Crippen molar-refractivity contribution in [3.05, 3.63) is 30.1 Å². The minimum Gasteiger partial charge on any atom is -0.480 e. The number of aliphatic carboxylic acids is 1. The van der Waals surface area contributed by atoms with Gasteiger partial charge < -0.3 is 10.4 Å². The Balaban J connectivity index is 2.58. The first-order chi connectivity index (χ1) is 9.43. The molecule has 0 saturated heterocycles. The van der Waals surface area contributed by atoms with Crippen molar-refractivity contribution >= 4 is 17.6 Å². The molecule has 110 valence electrons. The fraction of sp³-hybridized carbons (Fsp3) is 0.429. The minimum atomic E-state index is -1.10. The molecule has 5 nitrogen and oxygen atoms in total. The number of nitrogens with one attached hydrogen (secondary N) is 2. The molecule has 0 atom stereocenters. The summed E-state index contributed by atoms with van der Waals surface area (Å²) < 4.78 is 12.7. The molecular formula is C14H19FN2O3. The van der Waals surface area contributed by atoms with E-state index in [4.69, 9.17) is 0 Å². The second kappa shape index (κ2) is 7.00. The third-order valence-electron chi connectivity index (χ3n) is 3.33. The van der Waals surface area contributed by atoms with Gasteiger partial charge in [-0.15, -0.1) is 0 Å². The summed E-state index contributed by atoms with van der Waals surface area (Å²) in [6.07, 6.45) is 0.755. The summed E-state index contributed by atoms with van der Waals surface area (Å²) >= 11 is 0. The van der Waals surface area contributed by atoms with Crippen LogP contribution in [0, 0.1) is 5.82 Å². The van der Waals surface area contributed by atoms with E-state index in [0.717, 1.165) is 0 Å². The Morgan fingerprint density at radius 3 is 2.20 bits per heavy atom. The molecule has 0 bridgehead atoms. The number of hydrogen-bond donors (Lipinski definition) is 3. The molecule has 3 N–H and O–H groups in total. The average Bonchev–Trinajstić information content (AvgIpc) is 2.43. The standard InChI is InChI=1S/C14H19FN2O3/c1-3-14(4-2,13(19)20)16-9-12(18)17-11-7-5-10(15)6-8-11/h5-8,16H,3-4,9H2,1-2H3,(H,17,18)(H,19,20). The van der Waals surface area contributed by atoms with Gasteiger partial charge in [0.2, 0.25) is 5.91 Å². The Hall–Kier alpha value is -1.95. The zero-order valence-corrected chi connectivity index (χ0v) is 11.6. The summed E-state index contributed by atoms with van der Waals surface area (Å²) in [5.74, 6) is -1.73. The number of halogens is 1. The van der Waals surface area contributed by atoms with Crippen molar-refractivity contribution in [2.45, 2.75) is 32.2 Å². The molecule has 1 aromatic carbocycles. The number of rotatable bonds is 7. The SMILES string of the molecule is CCC(CC)(NCC(=O)Nc1ccc(F)cc1)C(=O)O. The van der Waals surface area contributed by atoms with Crippen LogP contribution in [0.25, 0.3) is 0 Å². The maximum Gasteiger partial charge on any atom is 0.323 e. The number of anilines is 1. The molecule has 0 radical (unpaired) electrons. The van der Waals surface area contributed by atoms with Crippen LogP contribution in [-0.4, -0.2) is 29.1 Å². The summed E-state index contributed by atoms with van der Waals surface area (Å²) in [4.78, 5) is 23.0. The Bertz CT molecular complexity index is 470. The number of carboxylic acids is 1. The van der Waals surface area contributed by atoms with E-state index in [1.54, 1.807) is 13.8 Å². The second-order valence-corrected chi connectivity index (χ2v) is 4.50. The highest BCUT2D eigenvalue weighted by Crippen LogP contribution is 2.15. The summed E-state index contributed by atoms with van der Waals surface area (Å²) in [7, 11) is 0. The van der Waals surface area contributed by atoms with E-state index in [0.29, 0.717) is 18.5 Å². The van der Waals surface area contributed by atoms with Gasteiger partial charge in [-0.1, -0.05) is 13.8 Å². The number of carboxylic acid groups (broad SMARTS) is 1. The van der Waals surface area contributed by atoms with Crippen LogP contribution in [0.15, 0.2) is 24.3 Å². The third kappa shape index (κ3) is 4.03. The summed E-state index contributed by atoms with van der Waals surface area (Å²) in [6.45, 7) is 3.39. The van der Waals surface area contributed by atoms with Crippen molar-refractivity contribution < 1.29 is 19.1 Å². The normalized spacial score (nSPS) is 11.2. The van der Waals surface area contributed by atoms with E-state index in [2.05, 4.69) is 10.6 Å². The lowest BCUT2D eigenvalue weighted by Gasteiger charge is -2.27. The van der Waals surface area contributed by atoms with Crippen molar-refractivity contribution in [3.8, 4) is 0 Å². The molecule has 1 amide bonds. The molecule has 0 heterocycles. The van der Waals surface area contributed by atoms with Crippen LogP contribution in [0.1, 0.15) is 26.7 Å². The number of carbonyl (C=O) groups is 2. The number of carbonyl (C=O) groups excluding carboxylic acids is 1. The van der Waals surface area contributed by atoms with Gasteiger partial charge in [-0.3, -0.25) is 14.9 Å². The lowest BCUT2D eigenvalue weighted by atomic mass is 9.93. The Morgan fingerprint density at radius 1 is 1.20 bits per heavy atom. The van der Waals surface area contributed by atoms with Crippen molar-refractivity contribution in [1.29, 1.82) is 0 Å². The first kappa shape index (κ1) is 16.1. The highest BCUT2D eigenvalue weighted by atomic mass is 19.1. The summed E-state index contributed by atoms with van der Waals surface area (Å²) in [5, 5.41) is 14.6. The van der Waals surface area contributed by atoms with Crippen LogP contribution in [0.3, 0.4) is 0 Å². The van der Waals surface area contributed by atoms with Gasteiger partial charge in [-0.25, -0.2) is 4.39 Å². The molecule has 0 aromatic heterocycles. The number of benzene rings is 1. The lowest BCUT2D eigenvalue weighted by molar-refractivity contribution is -0.145. The third-order valence-corrected chi connectivity index (χ3v) is 3.33. The lowest BCUT2D eigenvalue weighted by Crippen LogP contribution is -2.53. The molecule has 20 heavy (non-hydrogen) atoms. The first-order valence-electron chi connectivity index (χ1n) is 6.47. The molecule has 0 saturated carbocycles. The number of hydrogen-bond acceptors (Lipinski definition) is 3. The van der Waals surface area contributed by atoms with E-state index in [1.165, 1.54) is 24.3 Å². The molecule has 0 spiro atoms. The molecule has 1 aromatic rings. The van der Waals surface area contributed by atoms with Crippen LogP contribution >= 0.6 is 0 Å². The van der Waals surface area contributed by atoms with Crippen LogP contribution in [0.5, 0.6) is 0 Å². The molecule has 6 heteroatoms. The van der Waals surface area contributed by atoms with Crippen LogP contribution in [-0.2, 0) is 9.59 Å². The van der Waals surface area contributed by atoms with Gasteiger partial charge in [0, 0.05) is 5.69 Å². The van der Waals surface area contributed by atoms with Crippen molar-refractivity contribution in [1.82, 2.24) is 5.32 Å². The van der Waals surface area contributed by atoms with Gasteiger partial charge in [0.25, 0.3) is 0 Å². The molecule has 0 aliphatic rings. The second-order valence-electron chi connectivity index (χ2n) is 4.50. The smallest absolute Gasteiger partial charge is 0.323 e. The van der Waals surface area contributed by atoms with Gasteiger partial charge in [0.1, 0.15) is 11.4 Å². The van der Waals surface area contributed by atoms with Gasteiger partial charge >= 0.3 is 5.97 Å². The van der Waals surface area contributed by atoms with E-state index < -0.39 is 11.5 Å². The van der Waals surface area contributed by atoms with Crippen molar-refractivity contribution in [2.24, 2.45) is 0 Å². The van der Waals surface area contributed by atoms with Crippen LogP contribution in [0.2, 0.25) is 0 Å². The Morgan fingerprint density at radius 2 is 1.75 bits per heavy atom. The van der Waals surface area contributed by atoms with Gasteiger partial charge in [-0.2, -0.15) is 0 Å². The topological polar surface area (TPSA) is 78.4 Å². The van der Waals surface area contributed by atoms with Gasteiger partial charge in [0.15, 0.2) is 0 Å². The fourth-order valence-electron chi connectivity index (χ4n) is 1.87. The van der Waals surface area contributed by atoms with Gasteiger partial charge in [0.05, 0.1) is 6.54 Å². The maximum atomic E-state index is 12.7. The summed E-state index contributed by atoms with van der Waals surface area (Å²) in [5.41, 5.74) is -0.632. The fourth-order valence-corrected chi connectivity index (χ4v) is 1.87. The molecule has 0 fully saturated rings. The van der Waals surface area contributed by atoms with E-state index >= 15 is 0 Å². The zero-order chi connectivity index (χ0) is 15.2. The van der Waals surface area contributed by atoms with Crippen LogP contribution < -0.4 is 10.6 Å². The monoisotopic (exact) mass is 282 g/mol. The average molecular weight is 282 g/mol. The van der Waals surface area contributed by atoms with E-state index in [-0.39, 0.29) is 18.3 Å². The Kier molecular flexibility index (Phi) is 5.64. The molecule has 1 rings (SSSR count). The largest absolute Gasteiger partial charge is 0.480 e. The highest BCUT2D eigenvalue weighted by molar-refractivity contribution is 5.92. The Labute approximate surface area is 117 Å². The zero-order valence-electron chi connectivity index (χ0n) is 11.6. The van der Waals surface area contributed by atoms with E-state index in [9.17, 15) is 19.1 Å². The highest BCUT2D eigenvalue weighted by Gasteiger charge is 2.34. The number of amides is 1. The molecular weight excluding hydrogens is 263 g/mol. The maximum absolute atomic E-state index is 12.7.